The Morgan fingerprint density at radius 3 is 2.45 bits per heavy atom. The quantitative estimate of drug-likeness (QED) is 0.181. The average molecular weight is 635 g/mol. The number of amides is 1. The van der Waals surface area contributed by atoms with Gasteiger partial charge in [0.15, 0.2) is 5.58 Å². The Kier molecular flexibility index (Phi) is 6.91. The Morgan fingerprint density at radius 2 is 1.77 bits per heavy atom. The summed E-state index contributed by atoms with van der Waals surface area (Å²) < 4.78 is 81.5. The lowest BCUT2D eigenvalue weighted by Crippen LogP contribution is -2.38. The van der Waals surface area contributed by atoms with Crippen LogP contribution >= 0.6 is 11.6 Å². The van der Waals surface area contributed by atoms with Gasteiger partial charge in [-0.1, -0.05) is 23.7 Å². The van der Waals surface area contributed by atoms with E-state index in [2.05, 4.69) is 19.9 Å². The van der Waals surface area contributed by atoms with Gasteiger partial charge in [-0.05, 0) is 54.4 Å². The summed E-state index contributed by atoms with van der Waals surface area (Å²) in [6, 6.07) is 12.0. The predicted octanol–water partition coefficient (Wildman–Crippen LogP) is 7.36. The summed E-state index contributed by atoms with van der Waals surface area (Å²) in [4.78, 5) is 29.0. The molecule has 0 bridgehead atoms. The molecule has 2 aromatic heterocycles. The Hall–Kier alpha value is -4.85. The second kappa shape index (κ2) is 10.4. The second-order valence-electron chi connectivity index (χ2n) is 10.2. The maximum atomic E-state index is 14.4. The average Bonchev–Trinajstić information content (AvgIpc) is 3.58. The summed E-state index contributed by atoms with van der Waals surface area (Å²) in [6.45, 7) is 1.49. The van der Waals surface area contributed by atoms with Crippen molar-refractivity contribution in [2.24, 2.45) is 0 Å². The van der Waals surface area contributed by atoms with Crippen LogP contribution in [0.3, 0.4) is 0 Å². The van der Waals surface area contributed by atoms with Crippen LogP contribution in [0.4, 0.5) is 22.0 Å². The highest BCUT2D eigenvalue weighted by molar-refractivity contribution is 6.32. The molecule has 15 heteroatoms. The highest BCUT2D eigenvalue weighted by atomic mass is 35.5. The van der Waals surface area contributed by atoms with Gasteiger partial charge in [-0.15, -0.1) is 13.2 Å². The minimum absolute atomic E-state index is 0.0136. The second-order valence-corrected chi connectivity index (χ2v) is 10.6. The number of carbonyl (C=O) groups excluding carboxylic acids is 1. The maximum Gasteiger partial charge on any atom is 0.573 e. The van der Waals surface area contributed by atoms with Crippen molar-refractivity contribution in [3.8, 4) is 28.5 Å². The van der Waals surface area contributed by atoms with Crippen molar-refractivity contribution < 1.29 is 40.6 Å². The molecule has 228 valence electrons. The smallest absolute Gasteiger partial charge is 0.457 e. The van der Waals surface area contributed by atoms with E-state index in [1.54, 1.807) is 37.3 Å². The van der Waals surface area contributed by atoms with E-state index >= 15 is 0 Å². The number of halogens is 6. The number of oxazole rings is 1. The molecule has 0 saturated carbocycles. The topological polar surface area (TPSA) is 113 Å². The number of alkyl halides is 5. The van der Waals surface area contributed by atoms with Crippen molar-refractivity contribution in [2.75, 3.05) is 6.54 Å². The van der Waals surface area contributed by atoms with Crippen molar-refractivity contribution >= 4 is 28.6 Å². The third-order valence-corrected chi connectivity index (χ3v) is 7.21. The summed E-state index contributed by atoms with van der Waals surface area (Å²) in [5, 5.41) is 6.65. The van der Waals surface area contributed by atoms with Crippen LogP contribution in [0, 0.1) is 6.92 Å². The third-order valence-electron chi connectivity index (χ3n) is 6.91. The number of hydrogen-bond acceptors (Lipinski definition) is 6. The van der Waals surface area contributed by atoms with E-state index in [0.29, 0.717) is 34.7 Å². The van der Waals surface area contributed by atoms with Gasteiger partial charge in [-0.3, -0.25) is 14.9 Å². The molecule has 5 aromatic rings. The Labute approximate surface area is 249 Å². The minimum atomic E-state index is -4.92. The van der Waals surface area contributed by atoms with Gasteiger partial charge in [-0.2, -0.15) is 5.10 Å². The highest BCUT2D eigenvalue weighted by Crippen LogP contribution is 2.46. The van der Waals surface area contributed by atoms with Crippen LogP contribution < -0.4 is 15.2 Å². The van der Waals surface area contributed by atoms with E-state index in [1.807, 2.05) is 0 Å². The van der Waals surface area contributed by atoms with Crippen LogP contribution in [0.25, 0.3) is 22.4 Å². The largest absolute Gasteiger partial charge is 0.573 e. The molecule has 9 nitrogen and oxygen atoms in total. The number of rotatable bonds is 7. The van der Waals surface area contributed by atoms with Gasteiger partial charge in [0.2, 0.25) is 0 Å². The van der Waals surface area contributed by atoms with Crippen molar-refractivity contribution in [1.82, 2.24) is 20.1 Å². The van der Waals surface area contributed by atoms with Gasteiger partial charge in [-0.25, -0.2) is 13.6 Å². The van der Waals surface area contributed by atoms with Crippen LogP contribution in [0.2, 0.25) is 5.02 Å². The van der Waals surface area contributed by atoms with Gasteiger partial charge >= 0.3 is 12.1 Å². The Bertz CT molecular complexity index is 1980. The highest BCUT2D eigenvalue weighted by Gasteiger charge is 2.46. The number of benzene rings is 3. The Balaban J connectivity index is 1.40. The Morgan fingerprint density at radius 1 is 1.05 bits per heavy atom. The molecule has 0 saturated heterocycles. The van der Waals surface area contributed by atoms with E-state index in [9.17, 15) is 31.5 Å². The first-order valence-electron chi connectivity index (χ1n) is 12.9. The molecular formula is C29H20ClF5N4O5. The first-order valence-corrected chi connectivity index (χ1v) is 13.3. The van der Waals surface area contributed by atoms with Gasteiger partial charge in [0.25, 0.3) is 11.8 Å². The van der Waals surface area contributed by atoms with Crippen molar-refractivity contribution in [3.63, 3.8) is 0 Å². The van der Waals surface area contributed by atoms with Crippen molar-refractivity contribution in [1.29, 1.82) is 0 Å². The summed E-state index contributed by atoms with van der Waals surface area (Å²) in [5.41, 5.74) is 2.53. The molecule has 2 N–H and O–H groups in total. The zero-order valence-corrected chi connectivity index (χ0v) is 23.4. The lowest BCUT2D eigenvalue weighted by atomic mass is 9.92. The van der Waals surface area contributed by atoms with Gasteiger partial charge in [0.05, 0.1) is 23.1 Å². The molecule has 1 atom stereocenters. The fraction of sp³-hybridized carbons (Fsp3) is 0.207. The van der Waals surface area contributed by atoms with Gasteiger partial charge < -0.3 is 18.8 Å². The van der Waals surface area contributed by atoms with E-state index in [4.69, 9.17) is 20.8 Å². The first kappa shape index (κ1) is 29.2. The fourth-order valence-electron chi connectivity index (χ4n) is 5.25. The lowest BCUT2D eigenvalue weighted by Gasteiger charge is -2.29. The number of para-hydroxylation sites is 1. The number of carbonyl (C=O) groups is 1. The molecular weight excluding hydrogens is 615 g/mol. The standard InChI is InChI=1S/C29H20ClF5N4O5/c1-13-10-14(42-15-7-9-20(18(30)11-15)44-29(33,34)35)6-8-16(13)24-21-22(17-4-3-5-19-25(17)43-27(41)36-19)37-38-23(21)26(40)39(24)12-28(2,31)32/h3-11,24H,12H2,1-2H3,(H,36,41)(H,37,38). The third kappa shape index (κ3) is 5.48. The SMILES string of the molecule is Cc1cc(Oc2ccc(OC(F)(F)F)c(Cl)c2)ccc1C1c2c(-c3cccc4[nH]c(=O)oc34)n[nH]c2C(=O)N1CC(C)(F)F. The molecule has 1 aliphatic heterocycles. The molecule has 1 aliphatic rings. The van der Waals surface area contributed by atoms with Gasteiger partial charge in [0, 0.05) is 24.1 Å². The molecule has 1 unspecified atom stereocenters. The lowest BCUT2D eigenvalue weighted by molar-refractivity contribution is -0.274. The number of fused-ring (bicyclic) bond motifs is 2. The number of ether oxygens (including phenoxy) is 2. The number of nitrogens with one attached hydrogen (secondary N) is 2. The molecule has 0 spiro atoms. The van der Waals surface area contributed by atoms with E-state index < -0.39 is 42.3 Å². The first-order chi connectivity index (χ1) is 20.7. The zero-order chi connectivity index (χ0) is 31.6. The predicted molar refractivity (Wildman–Crippen MR) is 147 cm³/mol. The molecule has 0 aliphatic carbocycles. The summed E-state index contributed by atoms with van der Waals surface area (Å²) in [6.07, 6.45) is -4.92. The van der Waals surface area contributed by atoms with Crippen LogP contribution in [-0.2, 0) is 0 Å². The summed E-state index contributed by atoms with van der Waals surface area (Å²) in [5.74, 6) is -4.86. The number of aromatic nitrogens is 3. The van der Waals surface area contributed by atoms with Gasteiger partial charge in [0.1, 0.15) is 28.6 Å². The number of nitrogens with zero attached hydrogens (tertiary/aromatic N) is 2. The zero-order valence-electron chi connectivity index (χ0n) is 22.7. The maximum absolute atomic E-state index is 14.4. The molecule has 0 radical (unpaired) electrons. The molecule has 3 aromatic carbocycles. The molecule has 3 heterocycles. The minimum Gasteiger partial charge on any atom is -0.457 e. The van der Waals surface area contributed by atoms with E-state index in [1.165, 1.54) is 12.1 Å². The van der Waals surface area contributed by atoms with Crippen LogP contribution in [0.15, 0.2) is 63.8 Å². The normalized spacial score (nSPS) is 15.2. The number of hydrogen-bond donors (Lipinski definition) is 2. The molecule has 6 rings (SSSR count). The molecule has 0 fully saturated rings. The van der Waals surface area contributed by atoms with Crippen LogP contribution in [0.5, 0.6) is 17.2 Å². The molecule has 44 heavy (non-hydrogen) atoms. The molecule has 1 amide bonds. The van der Waals surface area contributed by atoms with Crippen molar-refractivity contribution in [3.05, 3.63) is 92.6 Å². The van der Waals surface area contributed by atoms with E-state index in [0.717, 1.165) is 17.0 Å². The number of aryl methyl sites for hydroxylation is 1. The summed E-state index contributed by atoms with van der Waals surface area (Å²) >= 11 is 5.93. The monoisotopic (exact) mass is 634 g/mol. The number of H-pyrrole nitrogens is 2. The fourth-order valence-corrected chi connectivity index (χ4v) is 5.46. The number of aromatic amines is 2. The summed E-state index contributed by atoms with van der Waals surface area (Å²) in [7, 11) is 0. The van der Waals surface area contributed by atoms with E-state index in [-0.39, 0.29) is 33.5 Å². The van der Waals surface area contributed by atoms with Crippen LogP contribution in [-0.4, -0.2) is 44.8 Å². The van der Waals surface area contributed by atoms with Crippen molar-refractivity contribution in [2.45, 2.75) is 32.2 Å². The van der Waals surface area contributed by atoms with Crippen LogP contribution in [0.1, 0.15) is 40.1 Å².